The molecule has 1 rings (SSSR count). The van der Waals surface area contributed by atoms with E-state index in [1.165, 1.54) is 0 Å². The number of carbonyl (C=O) groups excluding carboxylic acids is 1. The third kappa shape index (κ3) is 5.17. The molecular weight excluding hydrogens is 262 g/mol. The van der Waals surface area contributed by atoms with Gasteiger partial charge >= 0.3 is 5.97 Å². The summed E-state index contributed by atoms with van der Waals surface area (Å²) < 4.78 is 10.3. The van der Waals surface area contributed by atoms with Crippen LogP contribution in [0.4, 0.5) is 0 Å². The summed E-state index contributed by atoms with van der Waals surface area (Å²) in [5.41, 5.74) is 1.00. The summed E-state index contributed by atoms with van der Waals surface area (Å²) in [6.45, 7) is 0.452. The molecule has 6 nitrogen and oxygen atoms in total. The first-order valence-corrected chi connectivity index (χ1v) is 6.26. The number of carboxylic acid groups (broad SMARTS) is 1. The van der Waals surface area contributed by atoms with Crippen molar-refractivity contribution >= 4 is 11.9 Å². The number of methoxy groups -OCH3 is 2. The zero-order chi connectivity index (χ0) is 15.0. The van der Waals surface area contributed by atoms with Crippen LogP contribution in [0.3, 0.4) is 0 Å². The van der Waals surface area contributed by atoms with Crippen LogP contribution in [-0.2, 0) is 16.0 Å². The van der Waals surface area contributed by atoms with Crippen molar-refractivity contribution in [3.05, 3.63) is 23.8 Å². The molecule has 20 heavy (non-hydrogen) atoms. The summed E-state index contributed by atoms with van der Waals surface area (Å²) in [7, 11) is 3.13. The molecule has 0 spiro atoms. The molecule has 0 heterocycles. The van der Waals surface area contributed by atoms with Crippen LogP contribution >= 0.6 is 0 Å². The second kappa shape index (κ2) is 8.04. The van der Waals surface area contributed by atoms with Gasteiger partial charge in [0.25, 0.3) is 0 Å². The Balaban J connectivity index is 2.42. The van der Waals surface area contributed by atoms with Gasteiger partial charge in [-0.1, -0.05) is 6.07 Å². The Hall–Kier alpha value is -2.24. The maximum atomic E-state index is 11.3. The number of rotatable bonds is 8. The van der Waals surface area contributed by atoms with Crippen molar-refractivity contribution in [2.24, 2.45) is 0 Å². The molecular formula is C14H19NO5. The van der Waals surface area contributed by atoms with Crippen molar-refractivity contribution in [1.29, 1.82) is 0 Å². The van der Waals surface area contributed by atoms with Gasteiger partial charge in [0.2, 0.25) is 5.91 Å². The third-order valence-electron chi connectivity index (χ3n) is 2.75. The van der Waals surface area contributed by atoms with Crippen molar-refractivity contribution in [2.45, 2.75) is 19.3 Å². The Morgan fingerprint density at radius 1 is 1.15 bits per heavy atom. The van der Waals surface area contributed by atoms with Gasteiger partial charge in [-0.2, -0.15) is 0 Å². The summed E-state index contributed by atoms with van der Waals surface area (Å²) in [5, 5.41) is 11.1. The maximum Gasteiger partial charge on any atom is 0.303 e. The van der Waals surface area contributed by atoms with E-state index in [-0.39, 0.29) is 18.7 Å². The molecule has 0 atom stereocenters. The third-order valence-corrected chi connectivity index (χ3v) is 2.75. The number of aliphatic carboxylic acids is 1. The zero-order valence-electron chi connectivity index (χ0n) is 11.6. The van der Waals surface area contributed by atoms with Crippen LogP contribution in [0.5, 0.6) is 11.5 Å². The molecule has 6 heteroatoms. The molecule has 0 aliphatic carbocycles. The molecule has 110 valence electrons. The smallest absolute Gasteiger partial charge is 0.303 e. The van der Waals surface area contributed by atoms with E-state index in [2.05, 4.69) is 5.32 Å². The Bertz CT molecular complexity index is 473. The minimum atomic E-state index is -0.972. The number of amides is 1. The lowest BCUT2D eigenvalue weighted by Gasteiger charge is -2.10. The number of ether oxygens (including phenoxy) is 2. The Kier molecular flexibility index (Phi) is 6.36. The average molecular weight is 281 g/mol. The van der Waals surface area contributed by atoms with Crippen LogP contribution < -0.4 is 14.8 Å². The first-order chi connectivity index (χ1) is 9.56. The van der Waals surface area contributed by atoms with E-state index < -0.39 is 5.97 Å². The monoisotopic (exact) mass is 281 g/mol. The molecule has 0 radical (unpaired) electrons. The summed E-state index contributed by atoms with van der Waals surface area (Å²) in [4.78, 5) is 21.7. The Labute approximate surface area is 117 Å². The van der Waals surface area contributed by atoms with Crippen LogP contribution in [0.2, 0.25) is 0 Å². The summed E-state index contributed by atoms with van der Waals surface area (Å²) in [6.07, 6.45) is 0.489. The SMILES string of the molecule is COc1ccc(CCNC(=O)CCC(=O)O)cc1OC. The number of carboxylic acids is 1. The lowest BCUT2D eigenvalue weighted by molar-refractivity contribution is -0.138. The van der Waals surface area contributed by atoms with Gasteiger partial charge in [-0.05, 0) is 24.1 Å². The van der Waals surface area contributed by atoms with Gasteiger partial charge < -0.3 is 19.9 Å². The van der Waals surface area contributed by atoms with Crippen molar-refractivity contribution in [3.8, 4) is 11.5 Å². The number of carbonyl (C=O) groups is 2. The van der Waals surface area contributed by atoms with Crippen LogP contribution in [0, 0.1) is 0 Å². The van der Waals surface area contributed by atoms with E-state index in [0.29, 0.717) is 24.5 Å². The van der Waals surface area contributed by atoms with Gasteiger partial charge in [0, 0.05) is 13.0 Å². The fraction of sp³-hybridized carbons (Fsp3) is 0.429. The lowest BCUT2D eigenvalue weighted by Crippen LogP contribution is -2.26. The highest BCUT2D eigenvalue weighted by Crippen LogP contribution is 2.27. The summed E-state index contributed by atoms with van der Waals surface area (Å²) in [5.74, 6) is 0.0665. The topological polar surface area (TPSA) is 84.9 Å². The van der Waals surface area contributed by atoms with Crippen molar-refractivity contribution in [3.63, 3.8) is 0 Å². The minimum Gasteiger partial charge on any atom is -0.493 e. The molecule has 0 aliphatic heterocycles. The summed E-state index contributed by atoms with van der Waals surface area (Å²) >= 11 is 0. The van der Waals surface area contributed by atoms with Crippen LogP contribution in [0.15, 0.2) is 18.2 Å². The Morgan fingerprint density at radius 3 is 2.45 bits per heavy atom. The number of nitrogens with one attached hydrogen (secondary N) is 1. The molecule has 1 amide bonds. The zero-order valence-corrected chi connectivity index (χ0v) is 11.6. The van der Waals surface area contributed by atoms with Crippen LogP contribution in [-0.4, -0.2) is 37.7 Å². The second-order valence-electron chi connectivity index (χ2n) is 4.18. The van der Waals surface area contributed by atoms with Gasteiger partial charge in [-0.25, -0.2) is 0 Å². The van der Waals surface area contributed by atoms with E-state index in [9.17, 15) is 9.59 Å². The Morgan fingerprint density at radius 2 is 1.85 bits per heavy atom. The quantitative estimate of drug-likeness (QED) is 0.748. The highest BCUT2D eigenvalue weighted by Gasteiger charge is 2.06. The predicted molar refractivity (Wildman–Crippen MR) is 73.1 cm³/mol. The highest BCUT2D eigenvalue weighted by atomic mass is 16.5. The molecule has 0 unspecified atom stereocenters. The fourth-order valence-corrected chi connectivity index (χ4v) is 1.69. The minimum absolute atomic E-state index is 0.00126. The molecule has 0 saturated carbocycles. The van der Waals surface area contributed by atoms with Gasteiger partial charge in [0.15, 0.2) is 11.5 Å². The van der Waals surface area contributed by atoms with E-state index in [1.54, 1.807) is 20.3 Å². The van der Waals surface area contributed by atoms with Gasteiger partial charge in [-0.3, -0.25) is 9.59 Å². The average Bonchev–Trinajstić information content (AvgIpc) is 2.44. The molecule has 0 aromatic heterocycles. The molecule has 0 aliphatic rings. The van der Waals surface area contributed by atoms with E-state index in [0.717, 1.165) is 5.56 Å². The first-order valence-electron chi connectivity index (χ1n) is 6.26. The number of hydrogen-bond donors (Lipinski definition) is 2. The molecule has 1 aromatic carbocycles. The standard InChI is InChI=1S/C14H19NO5/c1-19-11-4-3-10(9-12(11)20-2)7-8-15-13(16)5-6-14(17)18/h3-4,9H,5-8H2,1-2H3,(H,15,16)(H,17,18). The van der Waals surface area contributed by atoms with Crippen molar-refractivity contribution in [1.82, 2.24) is 5.32 Å². The number of hydrogen-bond acceptors (Lipinski definition) is 4. The van der Waals surface area contributed by atoms with Gasteiger partial charge in [-0.15, -0.1) is 0 Å². The molecule has 2 N–H and O–H groups in total. The largest absolute Gasteiger partial charge is 0.493 e. The normalized spacial score (nSPS) is 9.90. The molecule has 0 fully saturated rings. The maximum absolute atomic E-state index is 11.3. The number of benzene rings is 1. The van der Waals surface area contributed by atoms with Crippen molar-refractivity contribution in [2.75, 3.05) is 20.8 Å². The van der Waals surface area contributed by atoms with Crippen molar-refractivity contribution < 1.29 is 24.2 Å². The van der Waals surface area contributed by atoms with E-state index in [4.69, 9.17) is 14.6 Å². The van der Waals surface area contributed by atoms with E-state index in [1.807, 2.05) is 12.1 Å². The molecule has 1 aromatic rings. The molecule has 0 bridgehead atoms. The highest BCUT2D eigenvalue weighted by molar-refractivity contribution is 5.80. The predicted octanol–water partition coefficient (Wildman–Crippen LogP) is 1.23. The van der Waals surface area contributed by atoms with E-state index >= 15 is 0 Å². The first kappa shape index (κ1) is 15.8. The van der Waals surface area contributed by atoms with Crippen LogP contribution in [0.1, 0.15) is 18.4 Å². The lowest BCUT2D eigenvalue weighted by atomic mass is 10.1. The van der Waals surface area contributed by atoms with Crippen LogP contribution in [0.25, 0.3) is 0 Å². The molecule has 0 saturated heterocycles. The summed E-state index contributed by atoms with van der Waals surface area (Å²) in [6, 6.07) is 5.55. The second-order valence-corrected chi connectivity index (χ2v) is 4.18. The van der Waals surface area contributed by atoms with Gasteiger partial charge in [0.1, 0.15) is 0 Å². The van der Waals surface area contributed by atoms with Gasteiger partial charge in [0.05, 0.1) is 20.6 Å². The fourth-order valence-electron chi connectivity index (χ4n) is 1.69.